The highest BCUT2D eigenvalue weighted by molar-refractivity contribution is 7.87. The molecular formula is C11H22N2O5S. The molecule has 112 valence electrons. The standard InChI is InChI=1S/C11H22N2O5S/c1-2-9(6-8-14)12-19(17,18)13-7-4-3-5-10(13)11(15)16/h9-10,12,14H,2-8H2,1H3,(H,15,16). The highest BCUT2D eigenvalue weighted by atomic mass is 32.2. The summed E-state index contributed by atoms with van der Waals surface area (Å²) in [5, 5.41) is 18.0. The van der Waals surface area contributed by atoms with Crippen molar-refractivity contribution in [2.45, 2.75) is 51.1 Å². The summed E-state index contributed by atoms with van der Waals surface area (Å²) in [7, 11) is -3.82. The van der Waals surface area contributed by atoms with E-state index in [-0.39, 0.29) is 19.2 Å². The Labute approximate surface area is 113 Å². The van der Waals surface area contributed by atoms with Crippen molar-refractivity contribution in [1.82, 2.24) is 9.03 Å². The minimum Gasteiger partial charge on any atom is -0.480 e. The molecule has 0 aromatic heterocycles. The van der Waals surface area contributed by atoms with Gasteiger partial charge in [0.1, 0.15) is 6.04 Å². The Morgan fingerprint density at radius 1 is 1.47 bits per heavy atom. The van der Waals surface area contributed by atoms with Crippen molar-refractivity contribution in [3.63, 3.8) is 0 Å². The van der Waals surface area contributed by atoms with E-state index >= 15 is 0 Å². The van der Waals surface area contributed by atoms with E-state index in [9.17, 15) is 13.2 Å². The van der Waals surface area contributed by atoms with E-state index < -0.39 is 22.2 Å². The SMILES string of the molecule is CCC(CCO)NS(=O)(=O)N1CCCCC1C(=O)O. The van der Waals surface area contributed by atoms with Crippen LogP contribution in [0.4, 0.5) is 0 Å². The maximum atomic E-state index is 12.2. The van der Waals surface area contributed by atoms with Gasteiger partial charge in [-0.15, -0.1) is 0 Å². The summed E-state index contributed by atoms with van der Waals surface area (Å²) >= 11 is 0. The minimum absolute atomic E-state index is 0.108. The number of aliphatic carboxylic acids is 1. The molecule has 1 aliphatic heterocycles. The van der Waals surface area contributed by atoms with E-state index in [0.717, 1.165) is 10.7 Å². The predicted octanol–water partition coefficient (Wildman–Crippen LogP) is -0.0791. The minimum atomic E-state index is -3.82. The Morgan fingerprint density at radius 2 is 2.16 bits per heavy atom. The van der Waals surface area contributed by atoms with Gasteiger partial charge in [-0.25, -0.2) is 0 Å². The molecule has 8 heteroatoms. The number of carbonyl (C=O) groups is 1. The van der Waals surface area contributed by atoms with Gasteiger partial charge in [-0.2, -0.15) is 17.4 Å². The molecule has 0 bridgehead atoms. The zero-order chi connectivity index (χ0) is 14.5. The summed E-state index contributed by atoms with van der Waals surface area (Å²) in [4.78, 5) is 11.1. The number of carboxylic acid groups (broad SMARTS) is 1. The molecule has 0 radical (unpaired) electrons. The first-order valence-corrected chi connectivity index (χ1v) is 7.99. The third kappa shape index (κ3) is 4.41. The van der Waals surface area contributed by atoms with Crippen LogP contribution in [0, 0.1) is 0 Å². The smallest absolute Gasteiger partial charge is 0.322 e. The number of piperidine rings is 1. The first kappa shape index (κ1) is 16.4. The lowest BCUT2D eigenvalue weighted by Gasteiger charge is -2.33. The highest BCUT2D eigenvalue weighted by Crippen LogP contribution is 2.20. The van der Waals surface area contributed by atoms with Crippen LogP contribution in [-0.2, 0) is 15.0 Å². The van der Waals surface area contributed by atoms with Crippen LogP contribution in [-0.4, -0.2) is 54.1 Å². The van der Waals surface area contributed by atoms with Crippen molar-refractivity contribution < 1.29 is 23.4 Å². The molecule has 1 heterocycles. The summed E-state index contributed by atoms with van der Waals surface area (Å²) in [6.07, 6.45) is 2.60. The first-order valence-electron chi connectivity index (χ1n) is 6.55. The summed E-state index contributed by atoms with van der Waals surface area (Å²) in [5.41, 5.74) is 0. The second-order valence-corrected chi connectivity index (χ2v) is 6.36. The summed E-state index contributed by atoms with van der Waals surface area (Å²) in [6, 6.07) is -1.36. The number of aliphatic hydroxyl groups is 1. The van der Waals surface area contributed by atoms with E-state index in [0.29, 0.717) is 25.7 Å². The van der Waals surface area contributed by atoms with Crippen LogP contribution in [0.1, 0.15) is 39.0 Å². The van der Waals surface area contributed by atoms with Gasteiger partial charge in [0, 0.05) is 19.2 Å². The van der Waals surface area contributed by atoms with Gasteiger partial charge in [-0.05, 0) is 32.1 Å². The van der Waals surface area contributed by atoms with Crippen LogP contribution in [0.15, 0.2) is 0 Å². The Morgan fingerprint density at radius 3 is 2.68 bits per heavy atom. The first-order chi connectivity index (χ1) is 8.92. The molecule has 0 aromatic carbocycles. The van der Waals surface area contributed by atoms with Crippen molar-refractivity contribution in [1.29, 1.82) is 0 Å². The van der Waals surface area contributed by atoms with Gasteiger partial charge < -0.3 is 10.2 Å². The van der Waals surface area contributed by atoms with E-state index in [1.54, 1.807) is 0 Å². The second kappa shape index (κ2) is 7.18. The number of rotatable bonds is 7. The molecule has 2 atom stereocenters. The van der Waals surface area contributed by atoms with Crippen molar-refractivity contribution in [2.75, 3.05) is 13.2 Å². The summed E-state index contributed by atoms with van der Waals surface area (Å²) < 4.78 is 27.9. The van der Waals surface area contributed by atoms with Crippen molar-refractivity contribution in [3.8, 4) is 0 Å². The van der Waals surface area contributed by atoms with Crippen molar-refractivity contribution in [2.24, 2.45) is 0 Å². The molecule has 7 nitrogen and oxygen atoms in total. The molecule has 3 N–H and O–H groups in total. The number of nitrogens with zero attached hydrogens (tertiary/aromatic N) is 1. The Hall–Kier alpha value is -0.700. The van der Waals surface area contributed by atoms with Crippen LogP contribution >= 0.6 is 0 Å². The largest absolute Gasteiger partial charge is 0.480 e. The van der Waals surface area contributed by atoms with Gasteiger partial charge in [0.15, 0.2) is 0 Å². The van der Waals surface area contributed by atoms with Gasteiger partial charge in [0.05, 0.1) is 0 Å². The molecule has 1 fully saturated rings. The van der Waals surface area contributed by atoms with E-state index in [1.165, 1.54) is 0 Å². The summed E-state index contributed by atoms with van der Waals surface area (Å²) in [6.45, 7) is 1.93. The lowest BCUT2D eigenvalue weighted by Crippen LogP contribution is -2.54. The maximum Gasteiger partial charge on any atom is 0.322 e. The van der Waals surface area contributed by atoms with Gasteiger partial charge >= 0.3 is 5.97 Å². The zero-order valence-corrected chi connectivity index (χ0v) is 11.9. The molecule has 0 aromatic rings. The number of aliphatic hydroxyl groups excluding tert-OH is 1. The molecule has 19 heavy (non-hydrogen) atoms. The third-order valence-electron chi connectivity index (χ3n) is 3.33. The number of carboxylic acids is 1. The van der Waals surface area contributed by atoms with Gasteiger partial charge in [-0.1, -0.05) is 6.92 Å². The lowest BCUT2D eigenvalue weighted by atomic mass is 10.1. The Bertz CT molecular complexity index is 398. The van der Waals surface area contributed by atoms with Gasteiger partial charge in [0.25, 0.3) is 10.2 Å². The van der Waals surface area contributed by atoms with Crippen LogP contribution in [0.2, 0.25) is 0 Å². The number of hydrogen-bond donors (Lipinski definition) is 3. The average molecular weight is 294 g/mol. The molecule has 0 amide bonds. The summed E-state index contributed by atoms with van der Waals surface area (Å²) in [5.74, 6) is -1.11. The molecule has 1 rings (SSSR count). The van der Waals surface area contributed by atoms with E-state index in [1.807, 2.05) is 6.92 Å². The van der Waals surface area contributed by atoms with Crippen molar-refractivity contribution in [3.05, 3.63) is 0 Å². The normalized spacial score (nSPS) is 23.2. The molecule has 0 saturated carbocycles. The topological polar surface area (TPSA) is 107 Å². The van der Waals surface area contributed by atoms with E-state index in [4.69, 9.17) is 10.2 Å². The quantitative estimate of drug-likeness (QED) is 0.609. The third-order valence-corrected chi connectivity index (χ3v) is 5.02. The highest BCUT2D eigenvalue weighted by Gasteiger charge is 2.37. The molecule has 0 spiro atoms. The van der Waals surface area contributed by atoms with Crippen molar-refractivity contribution >= 4 is 16.2 Å². The fourth-order valence-corrected chi connectivity index (χ4v) is 3.96. The van der Waals surface area contributed by atoms with Crippen LogP contribution in [0.25, 0.3) is 0 Å². The second-order valence-electron chi connectivity index (χ2n) is 4.70. The average Bonchev–Trinajstić information content (AvgIpc) is 2.38. The molecule has 1 saturated heterocycles. The Kier molecular flexibility index (Phi) is 6.18. The fourth-order valence-electron chi connectivity index (χ4n) is 2.22. The fraction of sp³-hybridized carbons (Fsp3) is 0.909. The number of nitrogens with one attached hydrogen (secondary N) is 1. The molecule has 1 aliphatic rings. The molecule has 2 unspecified atom stereocenters. The predicted molar refractivity (Wildman–Crippen MR) is 69.8 cm³/mol. The monoisotopic (exact) mass is 294 g/mol. The Balaban J connectivity index is 2.81. The van der Waals surface area contributed by atoms with Gasteiger partial charge in [-0.3, -0.25) is 4.79 Å². The number of hydrogen-bond acceptors (Lipinski definition) is 4. The zero-order valence-electron chi connectivity index (χ0n) is 11.1. The molecular weight excluding hydrogens is 272 g/mol. The maximum absolute atomic E-state index is 12.2. The van der Waals surface area contributed by atoms with Crippen LogP contribution in [0.3, 0.4) is 0 Å². The van der Waals surface area contributed by atoms with E-state index in [2.05, 4.69) is 4.72 Å². The lowest BCUT2D eigenvalue weighted by molar-refractivity contribution is -0.142. The van der Waals surface area contributed by atoms with Crippen LogP contribution in [0.5, 0.6) is 0 Å². The van der Waals surface area contributed by atoms with Crippen LogP contribution < -0.4 is 4.72 Å². The molecule has 0 aliphatic carbocycles. The van der Waals surface area contributed by atoms with Gasteiger partial charge in [0.2, 0.25) is 0 Å².